The number of hydrogen-bond donors (Lipinski definition) is 1. The molecule has 0 aliphatic carbocycles. The van der Waals surface area contributed by atoms with Crippen molar-refractivity contribution in [3.8, 4) is 17.2 Å². The van der Waals surface area contributed by atoms with E-state index in [0.717, 1.165) is 17.0 Å². The standard InChI is InChI=1S/C18H18N4O3S/c1-3-15-21-18(25-22-15)12-8-9-19-17(10-12)26-11-16(23)20-13-4-6-14(24-2)7-5-13/h4-10H,3,11H2,1-2H3,(H,20,23). The number of rotatable bonds is 7. The summed E-state index contributed by atoms with van der Waals surface area (Å²) < 4.78 is 10.3. The van der Waals surface area contributed by atoms with Gasteiger partial charge in [0, 0.05) is 23.9 Å². The van der Waals surface area contributed by atoms with Gasteiger partial charge in [-0.15, -0.1) is 0 Å². The molecule has 0 bridgehead atoms. The Morgan fingerprint density at radius 3 is 2.77 bits per heavy atom. The van der Waals surface area contributed by atoms with Crippen molar-refractivity contribution in [3.63, 3.8) is 0 Å². The number of anilines is 1. The zero-order chi connectivity index (χ0) is 18.4. The Bertz CT molecular complexity index is 880. The van der Waals surface area contributed by atoms with Gasteiger partial charge in [-0.1, -0.05) is 23.8 Å². The van der Waals surface area contributed by atoms with Crippen molar-refractivity contribution in [1.29, 1.82) is 0 Å². The van der Waals surface area contributed by atoms with Gasteiger partial charge in [-0.3, -0.25) is 4.79 Å². The van der Waals surface area contributed by atoms with Crippen LogP contribution >= 0.6 is 11.8 Å². The topological polar surface area (TPSA) is 90.1 Å². The molecule has 0 fully saturated rings. The summed E-state index contributed by atoms with van der Waals surface area (Å²) >= 11 is 1.34. The number of nitrogens with one attached hydrogen (secondary N) is 1. The summed E-state index contributed by atoms with van der Waals surface area (Å²) in [4.78, 5) is 20.7. The average Bonchev–Trinajstić information content (AvgIpc) is 3.17. The molecule has 2 heterocycles. The Morgan fingerprint density at radius 1 is 1.27 bits per heavy atom. The van der Waals surface area contributed by atoms with Gasteiger partial charge in [0.15, 0.2) is 5.82 Å². The van der Waals surface area contributed by atoms with Gasteiger partial charge in [-0.2, -0.15) is 4.98 Å². The van der Waals surface area contributed by atoms with E-state index in [2.05, 4.69) is 20.4 Å². The molecule has 0 atom stereocenters. The molecule has 0 aliphatic rings. The SMILES string of the molecule is CCc1noc(-c2ccnc(SCC(=O)Nc3ccc(OC)cc3)c2)n1. The highest BCUT2D eigenvalue weighted by Gasteiger charge is 2.10. The summed E-state index contributed by atoms with van der Waals surface area (Å²) in [5.41, 5.74) is 1.50. The van der Waals surface area contributed by atoms with Crippen LogP contribution in [0.5, 0.6) is 5.75 Å². The minimum atomic E-state index is -0.113. The number of methoxy groups -OCH3 is 1. The van der Waals surface area contributed by atoms with Crippen LogP contribution in [0.3, 0.4) is 0 Å². The number of aryl methyl sites for hydroxylation is 1. The molecule has 3 rings (SSSR count). The zero-order valence-corrected chi connectivity index (χ0v) is 15.2. The first kappa shape index (κ1) is 17.9. The molecule has 0 aliphatic heterocycles. The second kappa shape index (κ2) is 8.48. The third kappa shape index (κ3) is 4.60. The average molecular weight is 370 g/mol. The van der Waals surface area contributed by atoms with E-state index in [1.165, 1.54) is 11.8 Å². The first-order chi connectivity index (χ1) is 12.7. The van der Waals surface area contributed by atoms with E-state index in [1.54, 1.807) is 43.6 Å². The molecule has 3 aromatic rings. The molecular weight excluding hydrogens is 352 g/mol. The van der Waals surface area contributed by atoms with E-state index in [-0.39, 0.29) is 11.7 Å². The van der Waals surface area contributed by atoms with Gasteiger partial charge < -0.3 is 14.6 Å². The molecule has 1 amide bonds. The quantitative estimate of drug-likeness (QED) is 0.637. The summed E-state index contributed by atoms with van der Waals surface area (Å²) in [6.45, 7) is 1.96. The van der Waals surface area contributed by atoms with E-state index < -0.39 is 0 Å². The fourth-order valence-electron chi connectivity index (χ4n) is 2.15. The molecule has 0 radical (unpaired) electrons. The second-order valence-corrected chi connectivity index (χ2v) is 6.31. The van der Waals surface area contributed by atoms with E-state index in [1.807, 2.05) is 13.0 Å². The molecule has 26 heavy (non-hydrogen) atoms. The fraction of sp³-hybridized carbons (Fsp3) is 0.222. The van der Waals surface area contributed by atoms with Crippen LogP contribution in [0.2, 0.25) is 0 Å². The lowest BCUT2D eigenvalue weighted by Crippen LogP contribution is -2.14. The van der Waals surface area contributed by atoms with Crippen molar-refractivity contribution in [2.24, 2.45) is 0 Å². The van der Waals surface area contributed by atoms with Crippen molar-refractivity contribution in [1.82, 2.24) is 15.1 Å². The molecule has 1 N–H and O–H groups in total. The maximum Gasteiger partial charge on any atom is 0.258 e. The molecular formula is C18H18N4O3S. The smallest absolute Gasteiger partial charge is 0.258 e. The number of aromatic nitrogens is 3. The third-order valence-corrected chi connectivity index (χ3v) is 4.42. The predicted molar refractivity (Wildman–Crippen MR) is 99.3 cm³/mol. The number of carbonyl (C=O) groups is 1. The van der Waals surface area contributed by atoms with Crippen LogP contribution in [0.4, 0.5) is 5.69 Å². The first-order valence-electron chi connectivity index (χ1n) is 8.03. The molecule has 2 aromatic heterocycles. The molecule has 1 aromatic carbocycles. The number of nitrogens with zero attached hydrogens (tertiary/aromatic N) is 3. The number of carbonyl (C=O) groups excluding carboxylic acids is 1. The van der Waals surface area contributed by atoms with Gasteiger partial charge in [0.2, 0.25) is 5.91 Å². The summed E-state index contributed by atoms with van der Waals surface area (Å²) in [5.74, 6) is 1.98. The number of ether oxygens (including phenoxy) is 1. The molecule has 134 valence electrons. The zero-order valence-electron chi connectivity index (χ0n) is 14.4. The predicted octanol–water partition coefficient (Wildman–Crippen LogP) is 3.43. The normalized spacial score (nSPS) is 10.5. The van der Waals surface area contributed by atoms with Crippen LogP contribution < -0.4 is 10.1 Å². The summed E-state index contributed by atoms with van der Waals surface area (Å²) in [7, 11) is 1.60. The van der Waals surface area contributed by atoms with Crippen LogP contribution in [0, 0.1) is 0 Å². The number of pyridine rings is 1. The molecule has 8 heteroatoms. The maximum atomic E-state index is 12.1. The van der Waals surface area contributed by atoms with Crippen LogP contribution in [-0.4, -0.2) is 33.9 Å². The Hall–Kier alpha value is -2.87. The molecule has 0 saturated carbocycles. The number of hydrogen-bond acceptors (Lipinski definition) is 7. The van der Waals surface area contributed by atoms with Crippen LogP contribution in [0.25, 0.3) is 11.5 Å². The van der Waals surface area contributed by atoms with Gasteiger partial charge >= 0.3 is 0 Å². The molecule has 0 unspecified atom stereocenters. The van der Waals surface area contributed by atoms with Gasteiger partial charge in [0.1, 0.15) is 5.75 Å². The highest BCUT2D eigenvalue weighted by molar-refractivity contribution is 7.99. The Morgan fingerprint density at radius 2 is 2.08 bits per heavy atom. The van der Waals surface area contributed by atoms with Crippen molar-refractivity contribution in [2.75, 3.05) is 18.2 Å². The fourth-order valence-corrected chi connectivity index (χ4v) is 2.84. The Balaban J connectivity index is 1.58. The summed E-state index contributed by atoms with van der Waals surface area (Å²) in [5, 5.41) is 7.44. The monoisotopic (exact) mass is 370 g/mol. The Labute approximate surface area is 155 Å². The lowest BCUT2D eigenvalue weighted by atomic mass is 10.3. The van der Waals surface area contributed by atoms with E-state index in [9.17, 15) is 4.79 Å². The number of amides is 1. The lowest BCUT2D eigenvalue weighted by molar-refractivity contribution is -0.113. The van der Waals surface area contributed by atoms with Crippen LogP contribution in [0.1, 0.15) is 12.7 Å². The largest absolute Gasteiger partial charge is 0.497 e. The minimum absolute atomic E-state index is 0.113. The lowest BCUT2D eigenvalue weighted by Gasteiger charge is -2.06. The van der Waals surface area contributed by atoms with Gasteiger partial charge in [-0.05, 0) is 36.4 Å². The van der Waals surface area contributed by atoms with Crippen LogP contribution in [-0.2, 0) is 11.2 Å². The maximum absolute atomic E-state index is 12.1. The van der Waals surface area contributed by atoms with Gasteiger partial charge in [0.25, 0.3) is 5.89 Å². The van der Waals surface area contributed by atoms with Crippen LogP contribution in [0.15, 0.2) is 52.1 Å². The molecule has 0 saturated heterocycles. The summed E-state index contributed by atoms with van der Waals surface area (Å²) in [6.07, 6.45) is 2.37. The first-order valence-corrected chi connectivity index (χ1v) is 9.02. The van der Waals surface area contributed by atoms with Crippen molar-refractivity contribution < 1.29 is 14.1 Å². The number of thioether (sulfide) groups is 1. The minimum Gasteiger partial charge on any atom is -0.497 e. The van der Waals surface area contributed by atoms with E-state index >= 15 is 0 Å². The Kier molecular flexibility index (Phi) is 5.85. The number of benzene rings is 1. The highest BCUT2D eigenvalue weighted by atomic mass is 32.2. The summed E-state index contributed by atoms with van der Waals surface area (Å²) in [6, 6.07) is 10.8. The highest BCUT2D eigenvalue weighted by Crippen LogP contribution is 2.23. The van der Waals surface area contributed by atoms with Crippen molar-refractivity contribution >= 4 is 23.4 Å². The van der Waals surface area contributed by atoms with E-state index in [0.29, 0.717) is 23.2 Å². The van der Waals surface area contributed by atoms with E-state index in [4.69, 9.17) is 9.26 Å². The third-order valence-electron chi connectivity index (χ3n) is 3.49. The molecule has 0 spiro atoms. The molecule has 7 nitrogen and oxygen atoms in total. The van der Waals surface area contributed by atoms with Crippen molar-refractivity contribution in [2.45, 2.75) is 18.4 Å². The second-order valence-electron chi connectivity index (χ2n) is 5.32. The van der Waals surface area contributed by atoms with Gasteiger partial charge in [-0.25, -0.2) is 4.98 Å². The van der Waals surface area contributed by atoms with Crippen molar-refractivity contribution in [3.05, 3.63) is 48.4 Å². The van der Waals surface area contributed by atoms with Gasteiger partial charge in [0.05, 0.1) is 17.9 Å².